The first kappa shape index (κ1) is 12.3. The van der Waals surface area contributed by atoms with E-state index >= 15 is 0 Å². The Morgan fingerprint density at radius 2 is 2.19 bits per heavy atom. The van der Waals surface area contributed by atoms with Crippen LogP contribution in [0.3, 0.4) is 0 Å². The number of carbonyl (C=O) groups is 1. The first-order chi connectivity index (χ1) is 7.63. The molecule has 0 aliphatic heterocycles. The number of carbonyl (C=O) groups excluding carboxylic acids is 1. The number of nitriles is 1. The van der Waals surface area contributed by atoms with E-state index in [9.17, 15) is 9.90 Å². The summed E-state index contributed by atoms with van der Waals surface area (Å²) in [6.45, 7) is 0. The largest absolute Gasteiger partial charge is 0.506 e. The highest BCUT2D eigenvalue weighted by molar-refractivity contribution is 6.17. The number of methoxy groups -OCH3 is 1. The Kier molecular flexibility index (Phi) is 4.15. The fourth-order valence-corrected chi connectivity index (χ4v) is 1.50. The molecule has 84 valence electrons. The molecule has 5 heteroatoms. The molecule has 0 unspecified atom stereocenters. The van der Waals surface area contributed by atoms with Crippen molar-refractivity contribution in [1.29, 1.82) is 5.26 Å². The number of hydrogen-bond acceptors (Lipinski definition) is 4. The third kappa shape index (κ3) is 2.44. The summed E-state index contributed by atoms with van der Waals surface area (Å²) in [6.07, 6.45) is -0.0461. The number of esters is 1. The molecule has 0 aromatic heterocycles. The molecule has 0 bridgehead atoms. The number of phenols is 1. The molecule has 4 nitrogen and oxygen atoms in total. The molecule has 0 aliphatic carbocycles. The third-order valence-electron chi connectivity index (χ3n) is 2.17. The summed E-state index contributed by atoms with van der Waals surface area (Å²) in [5.41, 5.74) is 0.969. The minimum Gasteiger partial charge on any atom is -0.506 e. The highest BCUT2D eigenvalue weighted by atomic mass is 35.5. The molecule has 0 spiro atoms. The summed E-state index contributed by atoms with van der Waals surface area (Å²) in [6, 6.07) is 5.03. The van der Waals surface area contributed by atoms with Crippen molar-refractivity contribution in [2.24, 2.45) is 0 Å². The number of hydrogen-bond donors (Lipinski definition) is 1. The number of halogens is 1. The van der Waals surface area contributed by atoms with Crippen LogP contribution in [0.1, 0.15) is 16.7 Å². The summed E-state index contributed by atoms with van der Waals surface area (Å²) in [7, 11) is 1.27. The molecule has 1 aromatic carbocycles. The molecule has 1 N–H and O–H groups in total. The van der Waals surface area contributed by atoms with Crippen LogP contribution >= 0.6 is 11.6 Å². The number of aromatic hydroxyl groups is 1. The topological polar surface area (TPSA) is 70.3 Å². The number of phenolic OH excluding ortho intramolecular Hbond substituents is 1. The van der Waals surface area contributed by atoms with E-state index < -0.39 is 5.97 Å². The normalized spacial score (nSPS) is 9.56. The van der Waals surface area contributed by atoms with Crippen molar-refractivity contribution in [3.63, 3.8) is 0 Å². The van der Waals surface area contributed by atoms with Crippen LogP contribution in [0.2, 0.25) is 0 Å². The van der Waals surface area contributed by atoms with Crippen LogP contribution in [-0.4, -0.2) is 18.2 Å². The van der Waals surface area contributed by atoms with Gasteiger partial charge in [0.05, 0.1) is 25.0 Å². The van der Waals surface area contributed by atoms with Gasteiger partial charge in [-0.1, -0.05) is 12.1 Å². The van der Waals surface area contributed by atoms with Gasteiger partial charge in [0.2, 0.25) is 0 Å². The lowest BCUT2D eigenvalue weighted by atomic mass is 10.0. The summed E-state index contributed by atoms with van der Waals surface area (Å²) in [4.78, 5) is 11.1. The number of alkyl halides is 1. The Labute approximate surface area is 98.0 Å². The maximum Gasteiger partial charge on any atom is 0.310 e. The molecule has 0 amide bonds. The van der Waals surface area contributed by atoms with Crippen LogP contribution in [0, 0.1) is 11.3 Å². The van der Waals surface area contributed by atoms with Gasteiger partial charge in [-0.2, -0.15) is 5.26 Å². The predicted octanol–water partition coefficient (Wildman–Crippen LogP) is 1.72. The molecule has 1 rings (SSSR count). The van der Waals surface area contributed by atoms with Gasteiger partial charge < -0.3 is 9.84 Å². The zero-order chi connectivity index (χ0) is 12.1. The Balaban J connectivity index is 3.17. The average Bonchev–Trinajstić information content (AvgIpc) is 2.29. The van der Waals surface area contributed by atoms with E-state index in [4.69, 9.17) is 16.9 Å². The van der Waals surface area contributed by atoms with E-state index in [1.165, 1.54) is 7.11 Å². The molecule has 16 heavy (non-hydrogen) atoms. The number of nitrogens with zero attached hydrogens (tertiary/aromatic N) is 1. The van der Waals surface area contributed by atoms with Gasteiger partial charge in [-0.25, -0.2) is 0 Å². The van der Waals surface area contributed by atoms with Gasteiger partial charge in [0.1, 0.15) is 11.8 Å². The molecular formula is C11H10ClNO3. The second kappa shape index (κ2) is 5.38. The standard InChI is InChI=1S/C11H10ClNO3/c1-16-10(14)4-7-2-3-8(5-12)11(15)9(7)6-13/h2-3,15H,4-5H2,1H3. The van der Waals surface area contributed by atoms with Crippen molar-refractivity contribution in [3.05, 3.63) is 28.8 Å². The van der Waals surface area contributed by atoms with Gasteiger partial charge in [0.25, 0.3) is 0 Å². The molecule has 0 radical (unpaired) electrons. The average molecular weight is 240 g/mol. The van der Waals surface area contributed by atoms with Gasteiger partial charge in [0.15, 0.2) is 0 Å². The Morgan fingerprint density at radius 3 is 2.69 bits per heavy atom. The van der Waals surface area contributed by atoms with Crippen molar-refractivity contribution in [2.75, 3.05) is 7.11 Å². The first-order valence-corrected chi connectivity index (χ1v) is 5.04. The van der Waals surface area contributed by atoms with Crippen molar-refractivity contribution in [1.82, 2.24) is 0 Å². The molecule has 0 saturated carbocycles. The summed E-state index contributed by atoms with van der Waals surface area (Å²) < 4.78 is 4.49. The van der Waals surface area contributed by atoms with Crippen LogP contribution in [0.4, 0.5) is 0 Å². The SMILES string of the molecule is COC(=O)Cc1ccc(CCl)c(O)c1C#N. The predicted molar refractivity (Wildman–Crippen MR) is 58.1 cm³/mol. The van der Waals surface area contributed by atoms with Crippen molar-refractivity contribution in [2.45, 2.75) is 12.3 Å². The van der Waals surface area contributed by atoms with Crippen molar-refractivity contribution in [3.8, 4) is 11.8 Å². The molecule has 0 aliphatic rings. The van der Waals surface area contributed by atoms with Gasteiger partial charge in [0, 0.05) is 5.56 Å². The van der Waals surface area contributed by atoms with Crippen LogP contribution in [0.25, 0.3) is 0 Å². The van der Waals surface area contributed by atoms with Gasteiger partial charge in [-0.3, -0.25) is 4.79 Å². The van der Waals surface area contributed by atoms with Gasteiger partial charge in [-0.05, 0) is 5.56 Å². The fourth-order valence-electron chi connectivity index (χ4n) is 1.28. The molecular weight excluding hydrogens is 230 g/mol. The van der Waals surface area contributed by atoms with Crippen LogP contribution < -0.4 is 0 Å². The van der Waals surface area contributed by atoms with E-state index in [1.54, 1.807) is 12.1 Å². The van der Waals surface area contributed by atoms with Crippen molar-refractivity contribution >= 4 is 17.6 Å². The van der Waals surface area contributed by atoms with Crippen LogP contribution in [0.5, 0.6) is 5.75 Å². The van der Waals surface area contributed by atoms with Gasteiger partial charge in [-0.15, -0.1) is 11.6 Å². The zero-order valence-electron chi connectivity index (χ0n) is 8.66. The fraction of sp³-hybridized carbons (Fsp3) is 0.273. The van der Waals surface area contributed by atoms with E-state index in [-0.39, 0.29) is 23.6 Å². The van der Waals surface area contributed by atoms with Gasteiger partial charge >= 0.3 is 5.97 Å². The molecule has 1 aromatic rings. The second-order valence-electron chi connectivity index (χ2n) is 3.11. The van der Waals surface area contributed by atoms with E-state index in [0.29, 0.717) is 11.1 Å². The maximum absolute atomic E-state index is 11.1. The lowest BCUT2D eigenvalue weighted by Gasteiger charge is -2.07. The number of rotatable bonds is 3. The first-order valence-electron chi connectivity index (χ1n) is 4.50. The summed E-state index contributed by atoms with van der Waals surface area (Å²) >= 11 is 5.59. The van der Waals surface area contributed by atoms with Crippen molar-refractivity contribution < 1.29 is 14.6 Å². The third-order valence-corrected chi connectivity index (χ3v) is 2.45. The van der Waals surface area contributed by atoms with Crippen LogP contribution in [0.15, 0.2) is 12.1 Å². The Hall–Kier alpha value is -1.73. The van der Waals surface area contributed by atoms with E-state index in [1.807, 2.05) is 6.07 Å². The quantitative estimate of drug-likeness (QED) is 0.644. The highest BCUT2D eigenvalue weighted by Crippen LogP contribution is 2.27. The lowest BCUT2D eigenvalue weighted by Crippen LogP contribution is -2.06. The smallest absolute Gasteiger partial charge is 0.310 e. The zero-order valence-corrected chi connectivity index (χ0v) is 9.41. The van der Waals surface area contributed by atoms with E-state index in [0.717, 1.165) is 0 Å². The second-order valence-corrected chi connectivity index (χ2v) is 3.37. The number of ether oxygens (including phenoxy) is 1. The Bertz CT molecular complexity index is 451. The molecule has 0 heterocycles. The van der Waals surface area contributed by atoms with Crippen LogP contribution in [-0.2, 0) is 21.8 Å². The highest BCUT2D eigenvalue weighted by Gasteiger charge is 2.14. The molecule has 0 atom stereocenters. The minimum absolute atomic E-state index is 0.0461. The Morgan fingerprint density at radius 1 is 1.56 bits per heavy atom. The van der Waals surface area contributed by atoms with E-state index in [2.05, 4.69) is 4.74 Å². The molecule has 0 fully saturated rings. The lowest BCUT2D eigenvalue weighted by molar-refractivity contribution is -0.139. The minimum atomic E-state index is -0.463. The summed E-state index contributed by atoms with van der Waals surface area (Å²) in [5.74, 6) is -0.521. The number of benzene rings is 1. The molecule has 0 saturated heterocycles. The maximum atomic E-state index is 11.1. The monoisotopic (exact) mass is 239 g/mol. The summed E-state index contributed by atoms with van der Waals surface area (Å²) in [5, 5.41) is 18.6.